The lowest BCUT2D eigenvalue weighted by Gasteiger charge is -2.21. The summed E-state index contributed by atoms with van der Waals surface area (Å²) in [6.07, 6.45) is 0. The Hall–Kier alpha value is -1.93. The van der Waals surface area contributed by atoms with Gasteiger partial charge in [0, 0.05) is 24.2 Å². The van der Waals surface area contributed by atoms with Crippen LogP contribution < -0.4 is 10.0 Å². The van der Waals surface area contributed by atoms with Gasteiger partial charge in [-0.1, -0.05) is 35.9 Å². The molecule has 2 aromatic carbocycles. The van der Waals surface area contributed by atoms with E-state index < -0.39 is 15.6 Å². The van der Waals surface area contributed by atoms with Crippen molar-refractivity contribution in [2.24, 2.45) is 0 Å². The minimum atomic E-state index is -3.86. The van der Waals surface area contributed by atoms with E-state index in [1.165, 1.54) is 18.2 Å². The smallest absolute Gasteiger partial charge is 0.251 e. The van der Waals surface area contributed by atoms with Gasteiger partial charge < -0.3 is 10.2 Å². The van der Waals surface area contributed by atoms with Gasteiger partial charge in [-0.3, -0.25) is 4.79 Å². The number of hydrogen-bond donors (Lipinski definition) is 2. The zero-order valence-corrected chi connectivity index (χ0v) is 19.0. The monoisotopic (exact) mass is 437 g/mol. The van der Waals surface area contributed by atoms with E-state index >= 15 is 0 Å². The molecule has 2 N–H and O–H groups in total. The van der Waals surface area contributed by atoms with Gasteiger partial charge in [0.1, 0.15) is 4.90 Å². The Morgan fingerprint density at radius 3 is 2.28 bits per heavy atom. The van der Waals surface area contributed by atoms with Gasteiger partial charge in [-0.2, -0.15) is 0 Å². The number of carbonyl (C=O) groups excluding carboxylic acids is 1. The number of halogens is 1. The van der Waals surface area contributed by atoms with Crippen LogP contribution in [0.1, 0.15) is 42.3 Å². The van der Waals surface area contributed by atoms with Crippen LogP contribution in [0.15, 0.2) is 47.4 Å². The number of nitrogens with zero attached hydrogens (tertiary/aromatic N) is 1. The highest BCUT2D eigenvalue weighted by Gasteiger charge is 2.25. The summed E-state index contributed by atoms with van der Waals surface area (Å²) in [4.78, 5) is 14.6. The highest BCUT2D eigenvalue weighted by atomic mass is 35.5. The van der Waals surface area contributed by atoms with E-state index in [-0.39, 0.29) is 21.4 Å². The Bertz CT molecular complexity index is 983. The van der Waals surface area contributed by atoms with Crippen LogP contribution in [0.25, 0.3) is 0 Å². The van der Waals surface area contributed by atoms with Crippen LogP contribution >= 0.6 is 11.6 Å². The molecule has 0 aromatic heterocycles. The minimum Gasteiger partial charge on any atom is -0.348 e. The predicted octanol–water partition coefficient (Wildman–Crippen LogP) is 3.41. The van der Waals surface area contributed by atoms with Gasteiger partial charge in [0.25, 0.3) is 5.91 Å². The van der Waals surface area contributed by atoms with Gasteiger partial charge >= 0.3 is 0 Å². The molecule has 0 bridgehead atoms. The van der Waals surface area contributed by atoms with E-state index in [0.717, 1.165) is 17.7 Å². The fourth-order valence-corrected chi connectivity index (χ4v) is 4.76. The van der Waals surface area contributed by atoms with Crippen LogP contribution in [-0.4, -0.2) is 38.9 Å². The summed E-state index contributed by atoms with van der Waals surface area (Å²) in [7, 11) is 0.106. The molecule has 0 saturated carbocycles. The van der Waals surface area contributed by atoms with Crippen LogP contribution in [0.4, 0.5) is 0 Å². The predicted molar refractivity (Wildman–Crippen MR) is 117 cm³/mol. The summed E-state index contributed by atoms with van der Waals surface area (Å²) in [5.41, 5.74) is 1.68. The normalized spacial score (nSPS) is 12.2. The van der Waals surface area contributed by atoms with E-state index in [0.29, 0.717) is 6.54 Å². The number of amides is 1. The van der Waals surface area contributed by atoms with Crippen LogP contribution in [0, 0.1) is 0 Å². The largest absolute Gasteiger partial charge is 0.348 e. The van der Waals surface area contributed by atoms with Crippen LogP contribution in [0.5, 0.6) is 0 Å². The van der Waals surface area contributed by atoms with E-state index in [2.05, 4.69) is 14.9 Å². The maximum absolute atomic E-state index is 12.6. The third-order valence-electron chi connectivity index (χ3n) is 3.97. The molecule has 0 saturated heterocycles. The Morgan fingerprint density at radius 1 is 1.07 bits per heavy atom. The summed E-state index contributed by atoms with van der Waals surface area (Å²) in [6, 6.07) is 12.1. The molecule has 0 spiro atoms. The third kappa shape index (κ3) is 6.82. The average molecular weight is 438 g/mol. The van der Waals surface area contributed by atoms with E-state index in [1.807, 2.05) is 38.4 Å². The molecule has 0 aliphatic carbocycles. The second kappa shape index (κ2) is 9.26. The van der Waals surface area contributed by atoms with Crippen molar-refractivity contribution in [1.29, 1.82) is 0 Å². The summed E-state index contributed by atoms with van der Waals surface area (Å²) < 4.78 is 27.8. The van der Waals surface area contributed by atoms with Gasteiger partial charge in [-0.05, 0) is 64.2 Å². The first kappa shape index (κ1) is 23.3. The van der Waals surface area contributed by atoms with E-state index in [1.54, 1.807) is 20.8 Å². The standard InChI is InChI=1S/C21H28ClN3O3S/c1-21(2,3)24-29(27,28)19-12-15(10-11-18(19)22)20(26)23-13-16-8-6-7-9-17(16)14-25(4)5/h6-12,24H,13-14H2,1-5H3,(H,23,26). The fraction of sp³-hybridized carbons (Fsp3) is 0.381. The number of carbonyl (C=O) groups is 1. The van der Waals surface area contributed by atoms with Crippen molar-refractivity contribution in [3.63, 3.8) is 0 Å². The lowest BCUT2D eigenvalue weighted by Crippen LogP contribution is -2.40. The minimum absolute atomic E-state index is 0.0645. The van der Waals surface area contributed by atoms with Gasteiger partial charge in [-0.25, -0.2) is 13.1 Å². The molecule has 8 heteroatoms. The van der Waals surface area contributed by atoms with Gasteiger partial charge in [0.05, 0.1) is 5.02 Å². The van der Waals surface area contributed by atoms with Crippen LogP contribution in [-0.2, 0) is 23.1 Å². The second-order valence-corrected chi connectivity index (χ2v) is 10.2. The Labute approximate surface area is 178 Å². The molecule has 0 fully saturated rings. The first-order valence-electron chi connectivity index (χ1n) is 9.22. The molecule has 0 radical (unpaired) electrons. The number of hydrogen-bond acceptors (Lipinski definition) is 4. The summed E-state index contributed by atoms with van der Waals surface area (Å²) in [6.45, 7) is 6.31. The molecule has 29 heavy (non-hydrogen) atoms. The molecule has 0 aliphatic heterocycles. The zero-order valence-electron chi connectivity index (χ0n) is 17.4. The molecule has 6 nitrogen and oxygen atoms in total. The molecule has 0 atom stereocenters. The van der Waals surface area contributed by atoms with Gasteiger partial charge in [0.2, 0.25) is 10.0 Å². The molecule has 2 aromatic rings. The average Bonchev–Trinajstić information content (AvgIpc) is 2.58. The molecule has 2 rings (SSSR count). The Kier molecular flexibility index (Phi) is 7.45. The van der Waals surface area contributed by atoms with Crippen molar-refractivity contribution < 1.29 is 13.2 Å². The highest BCUT2D eigenvalue weighted by molar-refractivity contribution is 7.89. The SMILES string of the molecule is CN(C)Cc1ccccc1CNC(=O)c1ccc(Cl)c(S(=O)(=O)NC(C)(C)C)c1. The lowest BCUT2D eigenvalue weighted by molar-refractivity contribution is 0.0950. The zero-order chi connectivity index (χ0) is 21.8. The highest BCUT2D eigenvalue weighted by Crippen LogP contribution is 2.24. The number of benzene rings is 2. The van der Waals surface area contributed by atoms with E-state index in [4.69, 9.17) is 11.6 Å². The van der Waals surface area contributed by atoms with Crippen LogP contribution in [0.2, 0.25) is 5.02 Å². The first-order chi connectivity index (χ1) is 13.4. The molecule has 158 valence electrons. The molecular weight excluding hydrogens is 410 g/mol. The van der Waals surface area contributed by atoms with Crippen molar-refractivity contribution in [2.75, 3.05) is 14.1 Å². The van der Waals surface area contributed by atoms with Crippen LogP contribution in [0.3, 0.4) is 0 Å². The maximum atomic E-state index is 12.6. The molecular formula is C21H28ClN3O3S. The van der Waals surface area contributed by atoms with Gasteiger partial charge in [0.15, 0.2) is 0 Å². The van der Waals surface area contributed by atoms with Crippen molar-refractivity contribution in [1.82, 2.24) is 14.9 Å². The maximum Gasteiger partial charge on any atom is 0.251 e. The molecule has 1 amide bonds. The first-order valence-corrected chi connectivity index (χ1v) is 11.1. The van der Waals surface area contributed by atoms with Crippen molar-refractivity contribution in [3.8, 4) is 0 Å². The number of nitrogens with one attached hydrogen (secondary N) is 2. The van der Waals surface area contributed by atoms with Crippen molar-refractivity contribution in [3.05, 3.63) is 64.2 Å². The Balaban J connectivity index is 2.21. The number of rotatable bonds is 7. The Morgan fingerprint density at radius 2 is 1.69 bits per heavy atom. The lowest BCUT2D eigenvalue weighted by atomic mass is 10.1. The summed E-state index contributed by atoms with van der Waals surface area (Å²) in [5.74, 6) is -0.367. The quantitative estimate of drug-likeness (QED) is 0.695. The third-order valence-corrected chi connectivity index (χ3v) is 6.21. The molecule has 0 aliphatic rings. The van der Waals surface area contributed by atoms with Gasteiger partial charge in [-0.15, -0.1) is 0 Å². The molecule has 0 heterocycles. The van der Waals surface area contributed by atoms with E-state index in [9.17, 15) is 13.2 Å². The molecule has 0 unspecified atom stereocenters. The number of sulfonamides is 1. The second-order valence-electron chi connectivity index (χ2n) is 8.19. The van der Waals surface area contributed by atoms with Crippen molar-refractivity contribution >= 4 is 27.5 Å². The summed E-state index contributed by atoms with van der Waals surface area (Å²) >= 11 is 6.10. The summed E-state index contributed by atoms with van der Waals surface area (Å²) in [5, 5.41) is 2.92. The topological polar surface area (TPSA) is 78.5 Å². The fourth-order valence-electron chi connectivity index (χ4n) is 2.81. The van der Waals surface area contributed by atoms with Crippen molar-refractivity contribution in [2.45, 2.75) is 44.3 Å².